The molecule has 4 N–H and O–H groups in total. The van der Waals surface area contributed by atoms with E-state index in [0.29, 0.717) is 57.7 Å². The first kappa shape index (κ1) is 34.4. The van der Waals surface area contributed by atoms with E-state index in [1.54, 1.807) is 26.8 Å². The molecule has 2 aliphatic heterocycles. The zero-order valence-electron chi connectivity index (χ0n) is 25.8. The highest BCUT2D eigenvalue weighted by molar-refractivity contribution is 7.89. The summed E-state index contributed by atoms with van der Waals surface area (Å²) in [5.41, 5.74) is 11.7. The molecule has 15 heteroatoms. The molecule has 46 heavy (non-hydrogen) atoms. The largest absolute Gasteiger partial charge is 0.354 e. The number of nitrogens with two attached hydrogens (primary N) is 2. The standard InChI is InChI=1S/C31H42ClF2N7O4S/c32-27-20-24(31(33,34)23-5-3-22(4-6-23)30(43)39(14-11-35)15-12-36)21-28(37-27)38-16-18-40(19-17-38)46(44,45)26-9-7-25(8-10-26)41-13-1-2-29(41)42/h7-10,20-23H,1-6,11-19,35-36H2/t22-,23-. The van der Waals surface area contributed by atoms with Gasteiger partial charge in [-0.25, -0.2) is 22.2 Å². The Morgan fingerprint density at radius 1 is 0.978 bits per heavy atom. The van der Waals surface area contributed by atoms with Crippen LogP contribution in [0.1, 0.15) is 44.1 Å². The molecule has 2 amide bonds. The van der Waals surface area contributed by atoms with Gasteiger partial charge in [0, 0.05) is 88.4 Å². The smallest absolute Gasteiger partial charge is 0.276 e. The minimum absolute atomic E-state index is 0.0234. The summed E-state index contributed by atoms with van der Waals surface area (Å²) in [7, 11) is -3.80. The van der Waals surface area contributed by atoms with E-state index in [1.165, 1.54) is 28.6 Å². The maximum Gasteiger partial charge on any atom is 0.276 e. The van der Waals surface area contributed by atoms with Gasteiger partial charge in [-0.1, -0.05) is 11.6 Å². The Hall–Kier alpha value is -2.91. The molecule has 3 heterocycles. The zero-order chi connectivity index (χ0) is 33.1. The molecule has 3 fully saturated rings. The number of sulfonamides is 1. The summed E-state index contributed by atoms with van der Waals surface area (Å²) in [5.74, 6) is -4.28. The van der Waals surface area contributed by atoms with E-state index in [9.17, 15) is 18.0 Å². The van der Waals surface area contributed by atoms with Gasteiger partial charge >= 0.3 is 0 Å². The predicted octanol–water partition coefficient (Wildman–Crippen LogP) is 3.02. The minimum atomic E-state index is -3.80. The summed E-state index contributed by atoms with van der Waals surface area (Å²) in [6, 6.07) is 8.84. The van der Waals surface area contributed by atoms with Gasteiger partial charge in [0.1, 0.15) is 11.0 Å². The number of nitrogens with zero attached hydrogens (tertiary/aromatic N) is 5. The number of rotatable bonds is 11. The Balaban J connectivity index is 1.21. The number of pyridine rings is 1. The molecule has 0 bridgehead atoms. The second kappa shape index (κ2) is 14.5. The van der Waals surface area contributed by atoms with Crippen LogP contribution in [0.5, 0.6) is 0 Å². The number of anilines is 2. The fourth-order valence-electron chi connectivity index (χ4n) is 6.70. The summed E-state index contributed by atoms with van der Waals surface area (Å²) < 4.78 is 59.9. The Bertz CT molecular complexity index is 1490. The van der Waals surface area contributed by atoms with Crippen molar-refractivity contribution >= 4 is 44.9 Å². The zero-order valence-corrected chi connectivity index (χ0v) is 27.4. The lowest BCUT2D eigenvalue weighted by Crippen LogP contribution is -2.49. The second-order valence-electron chi connectivity index (χ2n) is 12.1. The number of halogens is 3. The van der Waals surface area contributed by atoms with Crippen LogP contribution in [0.2, 0.25) is 5.15 Å². The lowest BCUT2D eigenvalue weighted by atomic mass is 9.77. The van der Waals surface area contributed by atoms with Crippen LogP contribution >= 0.6 is 11.6 Å². The van der Waals surface area contributed by atoms with Gasteiger partial charge in [-0.05, 0) is 68.5 Å². The molecule has 1 saturated carbocycles. The van der Waals surface area contributed by atoms with Crippen molar-refractivity contribution < 1.29 is 26.8 Å². The number of alkyl halides is 2. The van der Waals surface area contributed by atoms with E-state index in [2.05, 4.69) is 4.98 Å². The molecule has 1 aliphatic carbocycles. The van der Waals surface area contributed by atoms with Crippen molar-refractivity contribution in [3.05, 3.63) is 47.1 Å². The fraction of sp³-hybridized carbons (Fsp3) is 0.581. The molecule has 2 saturated heterocycles. The van der Waals surface area contributed by atoms with Gasteiger partial charge < -0.3 is 26.2 Å². The summed E-state index contributed by atoms with van der Waals surface area (Å²) in [6.07, 6.45) is 2.34. The molecule has 252 valence electrons. The molecular formula is C31H42ClF2N7O4S. The molecule has 0 radical (unpaired) electrons. The average Bonchev–Trinajstić information content (AvgIpc) is 3.49. The third-order valence-electron chi connectivity index (χ3n) is 9.29. The lowest BCUT2D eigenvalue weighted by molar-refractivity contribution is -0.139. The normalized spacial score (nSPS) is 21.5. The lowest BCUT2D eigenvalue weighted by Gasteiger charge is -2.36. The highest BCUT2D eigenvalue weighted by atomic mass is 35.5. The van der Waals surface area contributed by atoms with Crippen molar-refractivity contribution in [2.45, 2.75) is 49.3 Å². The van der Waals surface area contributed by atoms with E-state index < -0.39 is 21.9 Å². The van der Waals surface area contributed by atoms with Crippen molar-refractivity contribution in [2.24, 2.45) is 23.3 Å². The van der Waals surface area contributed by atoms with E-state index in [0.717, 1.165) is 6.42 Å². The van der Waals surface area contributed by atoms with Crippen LogP contribution in [-0.4, -0.2) is 93.3 Å². The SMILES string of the molecule is NCCN(CCN)C(=O)[C@H]1CC[C@H](C(F)(F)c2cc(Cl)nc(N3CCN(S(=O)(=O)c4ccc(N5CCCC5=O)cc4)CC3)c2)CC1. The molecule has 1 aromatic carbocycles. The Kier molecular flexibility index (Phi) is 10.8. The highest BCUT2D eigenvalue weighted by Crippen LogP contribution is 2.46. The van der Waals surface area contributed by atoms with Crippen LogP contribution in [0, 0.1) is 11.8 Å². The van der Waals surface area contributed by atoms with Gasteiger partial charge in [0.25, 0.3) is 5.92 Å². The Morgan fingerprint density at radius 3 is 2.17 bits per heavy atom. The number of hydrogen-bond acceptors (Lipinski definition) is 8. The van der Waals surface area contributed by atoms with E-state index in [1.807, 2.05) is 0 Å². The van der Waals surface area contributed by atoms with Gasteiger partial charge in [0.05, 0.1) is 4.90 Å². The predicted molar refractivity (Wildman–Crippen MR) is 172 cm³/mol. The van der Waals surface area contributed by atoms with Crippen molar-refractivity contribution in [3.8, 4) is 0 Å². The summed E-state index contributed by atoms with van der Waals surface area (Å²) in [5, 5.41) is -0.0677. The molecule has 11 nitrogen and oxygen atoms in total. The molecule has 3 aliphatic rings. The van der Waals surface area contributed by atoms with Gasteiger partial charge in [-0.3, -0.25) is 9.59 Å². The number of carbonyl (C=O) groups is 2. The number of amides is 2. The molecule has 0 atom stereocenters. The number of benzene rings is 1. The van der Waals surface area contributed by atoms with Crippen molar-refractivity contribution in [2.75, 3.05) is 68.7 Å². The molecular weight excluding hydrogens is 640 g/mol. The third kappa shape index (κ3) is 7.30. The fourth-order valence-corrected chi connectivity index (χ4v) is 8.33. The maximum absolute atomic E-state index is 15.9. The van der Waals surface area contributed by atoms with E-state index in [-0.39, 0.29) is 78.2 Å². The first-order chi connectivity index (χ1) is 21.9. The van der Waals surface area contributed by atoms with Crippen LogP contribution in [-0.2, 0) is 25.5 Å². The van der Waals surface area contributed by atoms with Gasteiger partial charge in [0.15, 0.2) is 0 Å². The van der Waals surface area contributed by atoms with Crippen LogP contribution in [0.4, 0.5) is 20.3 Å². The van der Waals surface area contributed by atoms with Gasteiger partial charge in [-0.2, -0.15) is 4.31 Å². The molecule has 0 unspecified atom stereocenters. The minimum Gasteiger partial charge on any atom is -0.354 e. The van der Waals surface area contributed by atoms with E-state index >= 15 is 8.78 Å². The summed E-state index contributed by atoms with van der Waals surface area (Å²) >= 11 is 6.25. The van der Waals surface area contributed by atoms with E-state index in [4.69, 9.17) is 23.1 Å². The van der Waals surface area contributed by atoms with Crippen molar-refractivity contribution in [1.82, 2.24) is 14.2 Å². The Labute approximate surface area is 273 Å². The number of aromatic nitrogens is 1. The third-order valence-corrected chi connectivity index (χ3v) is 11.4. The first-order valence-corrected chi connectivity index (χ1v) is 17.7. The highest BCUT2D eigenvalue weighted by Gasteiger charge is 2.45. The van der Waals surface area contributed by atoms with Crippen molar-refractivity contribution in [1.29, 1.82) is 0 Å². The van der Waals surface area contributed by atoms with Crippen LogP contribution in [0.3, 0.4) is 0 Å². The van der Waals surface area contributed by atoms with Crippen LogP contribution in [0.15, 0.2) is 41.3 Å². The number of piperazine rings is 1. The average molecular weight is 682 g/mol. The monoisotopic (exact) mass is 681 g/mol. The van der Waals surface area contributed by atoms with Crippen LogP contribution < -0.4 is 21.3 Å². The number of carbonyl (C=O) groups excluding carboxylic acids is 2. The van der Waals surface area contributed by atoms with Crippen molar-refractivity contribution in [3.63, 3.8) is 0 Å². The topological polar surface area (TPSA) is 146 Å². The van der Waals surface area contributed by atoms with Crippen LogP contribution in [0.25, 0.3) is 0 Å². The quantitative estimate of drug-likeness (QED) is 0.345. The Morgan fingerprint density at radius 2 is 1.61 bits per heavy atom. The summed E-state index contributed by atoms with van der Waals surface area (Å²) in [4.78, 5) is 34.4. The molecule has 5 rings (SSSR count). The number of hydrogen-bond donors (Lipinski definition) is 2. The molecule has 2 aromatic rings. The molecule has 1 aromatic heterocycles. The maximum atomic E-state index is 15.9. The molecule has 0 spiro atoms. The summed E-state index contributed by atoms with van der Waals surface area (Å²) in [6.45, 7) is 2.78. The second-order valence-corrected chi connectivity index (χ2v) is 14.5. The van der Waals surface area contributed by atoms with Gasteiger partial charge in [0.2, 0.25) is 21.8 Å². The first-order valence-electron chi connectivity index (χ1n) is 15.9. The van der Waals surface area contributed by atoms with Gasteiger partial charge in [-0.15, -0.1) is 0 Å².